The third-order valence-corrected chi connectivity index (χ3v) is 4.30. The van der Waals surface area contributed by atoms with Crippen molar-refractivity contribution in [2.75, 3.05) is 19.6 Å². The van der Waals surface area contributed by atoms with Gasteiger partial charge in [0.25, 0.3) is 5.91 Å². The monoisotopic (exact) mass is 318 g/mol. The quantitative estimate of drug-likeness (QED) is 0.889. The minimum absolute atomic E-state index is 0.177. The number of benzene rings is 1. The van der Waals surface area contributed by atoms with E-state index in [1.165, 1.54) is 6.42 Å². The Morgan fingerprint density at radius 3 is 2.95 bits per heavy atom. The second kappa shape index (κ2) is 6.99. The van der Waals surface area contributed by atoms with Gasteiger partial charge in [-0.15, -0.1) is 0 Å². The van der Waals surface area contributed by atoms with Crippen molar-refractivity contribution in [2.24, 2.45) is 5.92 Å². The van der Waals surface area contributed by atoms with E-state index in [9.17, 15) is 4.79 Å². The van der Waals surface area contributed by atoms with Crippen LogP contribution in [0.25, 0.3) is 11.3 Å². The molecule has 1 aliphatic rings. The van der Waals surface area contributed by atoms with E-state index in [4.69, 9.17) is 16.0 Å². The summed E-state index contributed by atoms with van der Waals surface area (Å²) in [4.78, 5) is 12.1. The summed E-state index contributed by atoms with van der Waals surface area (Å²) < 4.78 is 5.63. The van der Waals surface area contributed by atoms with E-state index in [1.54, 1.807) is 18.2 Å². The number of hydrogen-bond donors (Lipinski definition) is 2. The first-order valence-corrected chi connectivity index (χ1v) is 7.95. The van der Waals surface area contributed by atoms with Crippen molar-refractivity contribution >= 4 is 17.5 Å². The number of furan rings is 1. The van der Waals surface area contributed by atoms with Gasteiger partial charge in [-0.25, -0.2) is 0 Å². The fraction of sp³-hybridized carbons (Fsp3) is 0.353. The molecule has 0 spiro atoms. The van der Waals surface area contributed by atoms with Crippen molar-refractivity contribution < 1.29 is 9.21 Å². The molecule has 2 N–H and O–H groups in total. The molecule has 2 heterocycles. The standard InChI is InChI=1S/C17H19ClN2O2/c18-14-4-2-1-3-13(14)15-5-6-16(22-15)17(21)20-10-8-12-7-9-19-11-12/h1-6,12,19H,7-11H2,(H,20,21). The van der Waals surface area contributed by atoms with Gasteiger partial charge in [0, 0.05) is 12.1 Å². The van der Waals surface area contributed by atoms with Gasteiger partial charge in [-0.1, -0.05) is 23.7 Å². The SMILES string of the molecule is O=C(NCCC1CCNC1)c1ccc(-c2ccccc2Cl)o1. The Balaban J connectivity index is 1.58. The number of carbonyl (C=O) groups is 1. The molecule has 3 rings (SSSR count). The molecule has 1 aliphatic heterocycles. The molecule has 1 unspecified atom stereocenters. The van der Waals surface area contributed by atoms with Gasteiger partial charge < -0.3 is 15.1 Å². The van der Waals surface area contributed by atoms with Gasteiger partial charge >= 0.3 is 0 Å². The van der Waals surface area contributed by atoms with Crippen LogP contribution in [-0.2, 0) is 0 Å². The zero-order valence-electron chi connectivity index (χ0n) is 12.3. The van der Waals surface area contributed by atoms with Crippen LogP contribution in [-0.4, -0.2) is 25.5 Å². The van der Waals surface area contributed by atoms with Crippen molar-refractivity contribution in [3.8, 4) is 11.3 Å². The van der Waals surface area contributed by atoms with E-state index >= 15 is 0 Å². The molecule has 1 aromatic heterocycles. The summed E-state index contributed by atoms with van der Waals surface area (Å²) in [5.74, 6) is 1.41. The fourth-order valence-electron chi connectivity index (χ4n) is 2.70. The van der Waals surface area contributed by atoms with Crippen molar-refractivity contribution in [1.29, 1.82) is 0 Å². The smallest absolute Gasteiger partial charge is 0.287 e. The summed E-state index contributed by atoms with van der Waals surface area (Å²) in [5, 5.41) is 6.85. The molecule has 1 amide bonds. The zero-order valence-corrected chi connectivity index (χ0v) is 13.0. The highest BCUT2D eigenvalue weighted by atomic mass is 35.5. The summed E-state index contributed by atoms with van der Waals surface area (Å²) in [6.07, 6.45) is 2.18. The van der Waals surface area contributed by atoms with Gasteiger partial charge in [-0.2, -0.15) is 0 Å². The fourth-order valence-corrected chi connectivity index (χ4v) is 2.93. The molecule has 0 radical (unpaired) electrons. The average Bonchev–Trinajstić information content (AvgIpc) is 3.19. The highest BCUT2D eigenvalue weighted by molar-refractivity contribution is 6.33. The van der Waals surface area contributed by atoms with Gasteiger partial charge in [-0.3, -0.25) is 4.79 Å². The molecule has 4 nitrogen and oxygen atoms in total. The summed E-state index contributed by atoms with van der Waals surface area (Å²) in [6.45, 7) is 2.80. The first kappa shape index (κ1) is 15.1. The molecule has 2 aromatic rings. The Labute approximate surface area is 134 Å². The minimum Gasteiger partial charge on any atom is -0.451 e. The van der Waals surface area contributed by atoms with Crippen LogP contribution in [0.15, 0.2) is 40.8 Å². The van der Waals surface area contributed by atoms with Crippen LogP contribution >= 0.6 is 11.6 Å². The van der Waals surface area contributed by atoms with E-state index in [0.717, 1.165) is 25.1 Å². The predicted octanol–water partition coefficient (Wildman–Crippen LogP) is 3.33. The number of amides is 1. The Hall–Kier alpha value is -1.78. The van der Waals surface area contributed by atoms with E-state index in [2.05, 4.69) is 10.6 Å². The number of nitrogens with one attached hydrogen (secondary N) is 2. The Morgan fingerprint density at radius 2 is 2.18 bits per heavy atom. The summed E-state index contributed by atoms with van der Waals surface area (Å²) in [7, 11) is 0. The minimum atomic E-state index is -0.177. The van der Waals surface area contributed by atoms with Crippen LogP contribution in [0.4, 0.5) is 0 Å². The largest absolute Gasteiger partial charge is 0.451 e. The third-order valence-electron chi connectivity index (χ3n) is 3.97. The molecular weight excluding hydrogens is 300 g/mol. The lowest BCUT2D eigenvalue weighted by molar-refractivity contribution is 0.0925. The Kier molecular flexibility index (Phi) is 4.80. The van der Waals surface area contributed by atoms with E-state index < -0.39 is 0 Å². The lowest BCUT2D eigenvalue weighted by Crippen LogP contribution is -2.26. The normalized spacial score (nSPS) is 17.6. The molecule has 0 saturated carbocycles. The molecule has 1 atom stereocenters. The van der Waals surface area contributed by atoms with Crippen LogP contribution < -0.4 is 10.6 Å². The number of carbonyl (C=O) groups excluding carboxylic acids is 1. The molecule has 1 aromatic carbocycles. The molecule has 116 valence electrons. The molecular formula is C17H19ClN2O2. The van der Waals surface area contributed by atoms with Gasteiger partial charge in [0.1, 0.15) is 5.76 Å². The first-order valence-electron chi connectivity index (χ1n) is 7.57. The molecule has 5 heteroatoms. The number of rotatable bonds is 5. The molecule has 1 fully saturated rings. The maximum atomic E-state index is 12.1. The molecule has 22 heavy (non-hydrogen) atoms. The first-order chi connectivity index (χ1) is 10.7. The predicted molar refractivity (Wildman–Crippen MR) is 87.1 cm³/mol. The second-order valence-electron chi connectivity index (χ2n) is 5.55. The van der Waals surface area contributed by atoms with Crippen LogP contribution in [0, 0.1) is 5.92 Å². The Morgan fingerprint density at radius 1 is 1.32 bits per heavy atom. The Bertz CT molecular complexity index is 648. The van der Waals surface area contributed by atoms with Gasteiger partial charge in [0.2, 0.25) is 0 Å². The van der Waals surface area contributed by atoms with Crippen molar-refractivity contribution in [2.45, 2.75) is 12.8 Å². The van der Waals surface area contributed by atoms with E-state index in [-0.39, 0.29) is 5.91 Å². The maximum Gasteiger partial charge on any atom is 0.287 e. The van der Waals surface area contributed by atoms with Gasteiger partial charge in [0.15, 0.2) is 5.76 Å². The lowest BCUT2D eigenvalue weighted by atomic mass is 10.1. The summed E-state index contributed by atoms with van der Waals surface area (Å²) in [5.41, 5.74) is 0.792. The van der Waals surface area contributed by atoms with Crippen LogP contribution in [0.2, 0.25) is 5.02 Å². The molecule has 1 saturated heterocycles. The summed E-state index contributed by atoms with van der Waals surface area (Å²) >= 11 is 6.14. The number of halogens is 1. The van der Waals surface area contributed by atoms with Crippen LogP contribution in [0.1, 0.15) is 23.4 Å². The van der Waals surface area contributed by atoms with E-state index in [0.29, 0.717) is 29.0 Å². The number of hydrogen-bond acceptors (Lipinski definition) is 3. The van der Waals surface area contributed by atoms with E-state index in [1.807, 2.05) is 18.2 Å². The maximum absolute atomic E-state index is 12.1. The van der Waals surface area contributed by atoms with Crippen molar-refractivity contribution in [1.82, 2.24) is 10.6 Å². The topological polar surface area (TPSA) is 54.3 Å². The highest BCUT2D eigenvalue weighted by Gasteiger charge is 2.16. The van der Waals surface area contributed by atoms with Gasteiger partial charge in [0.05, 0.1) is 5.02 Å². The van der Waals surface area contributed by atoms with Crippen LogP contribution in [0.5, 0.6) is 0 Å². The van der Waals surface area contributed by atoms with Gasteiger partial charge in [-0.05, 0) is 56.1 Å². The second-order valence-corrected chi connectivity index (χ2v) is 5.95. The third kappa shape index (κ3) is 3.51. The average molecular weight is 319 g/mol. The zero-order chi connectivity index (χ0) is 15.4. The summed E-state index contributed by atoms with van der Waals surface area (Å²) in [6, 6.07) is 10.9. The lowest BCUT2D eigenvalue weighted by Gasteiger charge is -2.08. The molecule has 0 bridgehead atoms. The van der Waals surface area contributed by atoms with Crippen LogP contribution in [0.3, 0.4) is 0 Å². The van der Waals surface area contributed by atoms with Crippen molar-refractivity contribution in [3.05, 3.63) is 47.2 Å². The van der Waals surface area contributed by atoms with Crippen molar-refractivity contribution in [3.63, 3.8) is 0 Å². The highest BCUT2D eigenvalue weighted by Crippen LogP contribution is 2.28. The molecule has 0 aliphatic carbocycles.